The first-order valence-electron chi connectivity index (χ1n) is 0.612. The van der Waals surface area contributed by atoms with Crippen molar-refractivity contribution >= 4 is 6.16 Å². The molecule has 0 fully saturated rings. The number of hydrogen-bond donors (Lipinski definition) is 0. The Balaban J connectivity index is -0.00000000750. The smallest absolute Gasteiger partial charge is 0.652 e. The Morgan fingerprint density at radius 1 is 1.12 bits per heavy atom. The maximum Gasteiger partial charge on any atom is 2.00 e. The SMILES string of the molecule is O.O.O=C([O-])[O-].[Ni].[Zn+2]. The van der Waals surface area contributed by atoms with Gasteiger partial charge in [0.05, 0.1) is 0 Å². The zero-order valence-corrected chi connectivity index (χ0v) is 7.70. The molecule has 0 saturated carbocycles. The van der Waals surface area contributed by atoms with Crippen molar-refractivity contribution < 1.29 is 61.9 Å². The summed E-state index contributed by atoms with van der Waals surface area (Å²) in [6, 6.07) is 0. The maximum absolute atomic E-state index is 8.33. The third-order valence-electron chi connectivity index (χ3n) is 0. The Morgan fingerprint density at radius 3 is 1.12 bits per heavy atom. The first-order valence-corrected chi connectivity index (χ1v) is 0.612. The summed E-state index contributed by atoms with van der Waals surface area (Å²) >= 11 is 0. The van der Waals surface area contributed by atoms with E-state index in [0.717, 1.165) is 0 Å². The van der Waals surface area contributed by atoms with Crippen LogP contribution < -0.4 is 10.2 Å². The van der Waals surface area contributed by atoms with E-state index in [1.807, 2.05) is 0 Å². The van der Waals surface area contributed by atoms with Crippen molar-refractivity contribution in [3.63, 3.8) is 0 Å². The second-order valence-electron chi connectivity index (χ2n) is 0.250. The fourth-order valence-corrected chi connectivity index (χ4v) is 0. The zero-order chi connectivity index (χ0) is 3.58. The maximum atomic E-state index is 8.33. The standard InChI is InChI=1S/CH2O3.Ni.2H2O.Zn/c2-1(3)4;;;;/h(H2,2,3,4);;2*1H2;/q;;;;+2/p-2. The summed E-state index contributed by atoms with van der Waals surface area (Å²) < 4.78 is 0. The summed E-state index contributed by atoms with van der Waals surface area (Å²) in [5.41, 5.74) is 0. The van der Waals surface area contributed by atoms with Crippen LogP contribution in [-0.2, 0) is 36.0 Å². The third-order valence-corrected chi connectivity index (χ3v) is 0. The molecule has 0 aliphatic heterocycles. The molecule has 0 aliphatic rings. The molecule has 0 unspecified atom stereocenters. The van der Waals surface area contributed by atoms with E-state index in [1.54, 1.807) is 0 Å². The Kier molecular flexibility index (Phi) is 135. The van der Waals surface area contributed by atoms with Gasteiger partial charge in [-0.05, 0) is 6.16 Å². The Bertz CT molecular complexity index is 35.4. The zero-order valence-electron chi connectivity index (χ0n) is 3.75. The van der Waals surface area contributed by atoms with Gasteiger partial charge in [-0.1, -0.05) is 0 Å². The van der Waals surface area contributed by atoms with E-state index >= 15 is 0 Å². The fourth-order valence-electron chi connectivity index (χ4n) is 0. The van der Waals surface area contributed by atoms with Crippen LogP contribution in [0.3, 0.4) is 0 Å². The van der Waals surface area contributed by atoms with Crippen molar-refractivity contribution in [1.29, 1.82) is 0 Å². The van der Waals surface area contributed by atoms with Gasteiger partial charge in [-0.2, -0.15) is 0 Å². The van der Waals surface area contributed by atoms with Gasteiger partial charge in [0.1, 0.15) is 0 Å². The predicted octanol–water partition coefficient (Wildman–Crippen LogP) is -4.10. The largest absolute Gasteiger partial charge is 2.00 e. The van der Waals surface area contributed by atoms with Gasteiger partial charge in [0.25, 0.3) is 0 Å². The number of rotatable bonds is 0. The summed E-state index contributed by atoms with van der Waals surface area (Å²) in [5.74, 6) is 0. The van der Waals surface area contributed by atoms with Crippen LogP contribution >= 0.6 is 0 Å². The molecule has 0 spiro atoms. The van der Waals surface area contributed by atoms with Crippen LogP contribution in [0, 0.1) is 0 Å². The normalized spacial score (nSPS) is 3.00. The molecule has 0 aromatic heterocycles. The third kappa shape index (κ3) is 1890. The minimum Gasteiger partial charge on any atom is -0.652 e. The molecule has 0 aromatic rings. The minimum absolute atomic E-state index is 0. The summed E-state index contributed by atoms with van der Waals surface area (Å²) in [6.07, 6.45) is -2.33. The predicted molar refractivity (Wildman–Crippen MR) is 12.6 cm³/mol. The molecule has 50 valence electrons. The number of carboxylic acid groups (broad SMARTS) is 2. The van der Waals surface area contributed by atoms with Crippen LogP contribution in [0.25, 0.3) is 0 Å². The van der Waals surface area contributed by atoms with Crippen LogP contribution in [0.15, 0.2) is 0 Å². The van der Waals surface area contributed by atoms with Gasteiger partial charge in [0, 0.05) is 16.5 Å². The van der Waals surface area contributed by atoms with Crippen molar-refractivity contribution in [2.24, 2.45) is 0 Å². The minimum atomic E-state index is -2.33. The topological polar surface area (TPSA) is 126 Å². The molecule has 8 heavy (non-hydrogen) atoms. The first kappa shape index (κ1) is 40.6. The quantitative estimate of drug-likeness (QED) is 0.385. The second kappa shape index (κ2) is 26.6. The average Bonchev–Trinajstić information content (AvgIpc) is 0.811. The Labute approximate surface area is 68.4 Å². The Hall–Kier alpha value is 0.307. The van der Waals surface area contributed by atoms with Gasteiger partial charge in [-0.15, -0.1) is 0 Å². The van der Waals surface area contributed by atoms with E-state index in [1.165, 1.54) is 0 Å². The van der Waals surface area contributed by atoms with Crippen LogP contribution in [0.2, 0.25) is 0 Å². The number of hydrogen-bond acceptors (Lipinski definition) is 3. The first-order chi connectivity index (χ1) is 1.73. The van der Waals surface area contributed by atoms with Crippen LogP contribution in [0.4, 0.5) is 4.79 Å². The van der Waals surface area contributed by atoms with Crippen molar-refractivity contribution in [1.82, 2.24) is 0 Å². The Morgan fingerprint density at radius 2 is 1.12 bits per heavy atom. The number of carbonyl (C=O) groups excluding carboxylic acids is 1. The molecule has 0 amide bonds. The molecule has 0 saturated heterocycles. The van der Waals surface area contributed by atoms with Crippen molar-refractivity contribution in [2.45, 2.75) is 0 Å². The number of carbonyl (C=O) groups is 1. The molecule has 0 bridgehead atoms. The monoisotopic (exact) mass is 218 g/mol. The van der Waals surface area contributed by atoms with Gasteiger partial charge >= 0.3 is 19.5 Å². The van der Waals surface area contributed by atoms with Crippen LogP contribution in [-0.4, -0.2) is 17.1 Å². The van der Waals surface area contributed by atoms with Gasteiger partial charge in [0.2, 0.25) is 0 Å². The molecule has 0 rings (SSSR count). The second-order valence-corrected chi connectivity index (χ2v) is 0.250. The van der Waals surface area contributed by atoms with E-state index in [0.29, 0.717) is 0 Å². The summed E-state index contributed by atoms with van der Waals surface area (Å²) in [6.45, 7) is 0. The van der Waals surface area contributed by atoms with E-state index < -0.39 is 6.16 Å². The van der Waals surface area contributed by atoms with Crippen LogP contribution in [0.5, 0.6) is 0 Å². The molecule has 0 radical (unpaired) electrons. The van der Waals surface area contributed by atoms with Crippen molar-refractivity contribution in [3.05, 3.63) is 0 Å². The van der Waals surface area contributed by atoms with Gasteiger partial charge in [0.15, 0.2) is 0 Å². The molecular weight excluding hydrogens is 216 g/mol. The van der Waals surface area contributed by atoms with E-state index in [2.05, 4.69) is 0 Å². The van der Waals surface area contributed by atoms with E-state index in [4.69, 9.17) is 15.0 Å². The van der Waals surface area contributed by atoms with Gasteiger partial charge in [-0.25, -0.2) is 0 Å². The summed E-state index contributed by atoms with van der Waals surface area (Å²) in [4.78, 5) is 8.33. The molecule has 0 atom stereocenters. The fraction of sp³-hybridized carbons (Fsp3) is 0. The van der Waals surface area contributed by atoms with Crippen LogP contribution in [0.1, 0.15) is 0 Å². The molecule has 4 N–H and O–H groups in total. The average molecular weight is 220 g/mol. The summed E-state index contributed by atoms with van der Waals surface area (Å²) in [5, 5.41) is 16.7. The molecular formula is CH4NiO5Zn. The molecule has 5 nitrogen and oxygen atoms in total. The molecule has 0 heterocycles. The molecule has 0 aromatic carbocycles. The van der Waals surface area contributed by atoms with E-state index in [-0.39, 0.29) is 46.9 Å². The van der Waals surface area contributed by atoms with Gasteiger partial charge in [-0.3, -0.25) is 0 Å². The van der Waals surface area contributed by atoms with Crippen molar-refractivity contribution in [2.75, 3.05) is 0 Å². The molecule has 7 heteroatoms. The molecule has 0 aliphatic carbocycles. The van der Waals surface area contributed by atoms with Gasteiger partial charge < -0.3 is 26.0 Å². The van der Waals surface area contributed by atoms with E-state index in [9.17, 15) is 0 Å². The van der Waals surface area contributed by atoms with Crippen molar-refractivity contribution in [3.8, 4) is 0 Å². The summed E-state index contributed by atoms with van der Waals surface area (Å²) in [7, 11) is 0.